The highest BCUT2D eigenvalue weighted by atomic mass is 19.4. The predicted octanol–water partition coefficient (Wildman–Crippen LogP) is 4.03. The zero-order valence-corrected chi connectivity index (χ0v) is 16.5. The highest BCUT2D eigenvalue weighted by Crippen LogP contribution is 2.38. The van der Waals surface area contributed by atoms with Gasteiger partial charge >= 0.3 is 12.3 Å². The van der Waals surface area contributed by atoms with Gasteiger partial charge in [0.15, 0.2) is 5.69 Å². The molecule has 1 amide bonds. The minimum Gasteiger partial charge on any atom is -0.506 e. The van der Waals surface area contributed by atoms with E-state index in [9.17, 15) is 23.1 Å². The van der Waals surface area contributed by atoms with E-state index in [0.717, 1.165) is 30.4 Å². The fraction of sp³-hybridized carbons (Fsp3) is 0.526. The van der Waals surface area contributed by atoms with Crippen molar-refractivity contribution in [2.45, 2.75) is 51.4 Å². The van der Waals surface area contributed by atoms with Gasteiger partial charge in [-0.15, -0.1) is 0 Å². The van der Waals surface area contributed by atoms with Gasteiger partial charge < -0.3 is 14.7 Å². The molecule has 2 heterocycles. The Balaban J connectivity index is 1.92. The molecule has 1 saturated carbocycles. The maximum absolute atomic E-state index is 13.6. The average molecular weight is 412 g/mol. The summed E-state index contributed by atoms with van der Waals surface area (Å²) in [5.74, 6) is -0.127. The topological polar surface area (TPSA) is 80.5 Å². The van der Waals surface area contributed by atoms with Crippen molar-refractivity contribution in [2.24, 2.45) is 7.05 Å². The first-order valence-corrected chi connectivity index (χ1v) is 9.29. The zero-order valence-electron chi connectivity index (χ0n) is 16.5. The Morgan fingerprint density at radius 2 is 2.00 bits per heavy atom. The number of carbonyl (C=O) groups is 1. The fourth-order valence-corrected chi connectivity index (χ4v) is 3.56. The minimum absolute atomic E-state index is 0.00378. The minimum atomic E-state index is -4.72. The van der Waals surface area contributed by atoms with Crippen LogP contribution in [-0.2, 0) is 24.6 Å². The summed E-state index contributed by atoms with van der Waals surface area (Å²) in [6, 6.07) is 2.64. The van der Waals surface area contributed by atoms with E-state index in [2.05, 4.69) is 10.1 Å². The highest BCUT2D eigenvalue weighted by molar-refractivity contribution is 5.69. The Bertz CT molecular complexity index is 905. The molecule has 1 aliphatic rings. The lowest BCUT2D eigenvalue weighted by Crippen LogP contribution is -2.35. The van der Waals surface area contributed by atoms with Crippen LogP contribution in [0.1, 0.15) is 42.8 Å². The molecule has 0 aromatic carbocycles. The summed E-state index contributed by atoms with van der Waals surface area (Å²) in [5, 5.41) is 13.2. The van der Waals surface area contributed by atoms with Crippen molar-refractivity contribution in [1.82, 2.24) is 19.7 Å². The largest absolute Gasteiger partial charge is 0.506 e. The van der Waals surface area contributed by atoms with E-state index in [1.54, 1.807) is 7.05 Å². The second-order valence-electron chi connectivity index (χ2n) is 7.20. The zero-order chi connectivity index (χ0) is 21.3. The summed E-state index contributed by atoms with van der Waals surface area (Å²) in [7, 11) is 2.99. The Morgan fingerprint density at radius 1 is 1.34 bits per heavy atom. The van der Waals surface area contributed by atoms with E-state index in [-0.39, 0.29) is 41.0 Å². The first-order chi connectivity index (χ1) is 13.6. The third kappa shape index (κ3) is 4.30. The third-order valence-corrected chi connectivity index (χ3v) is 5.24. The van der Waals surface area contributed by atoms with Gasteiger partial charge in [-0.3, -0.25) is 4.68 Å². The number of alkyl halides is 3. The molecule has 0 unspecified atom stereocenters. The standard InChI is InChI=1S/C19H23F3N4O3/c1-11-15(27)9-8-13(23-11)16-14(26(3)24-17(16)19(20,21)22)10-29-18(28)25(2)12-6-4-5-7-12/h8-9,12,27H,4-7,10H2,1-3H3. The van der Waals surface area contributed by atoms with Gasteiger partial charge in [0.05, 0.1) is 22.6 Å². The van der Waals surface area contributed by atoms with Crippen molar-refractivity contribution in [3.8, 4) is 17.0 Å². The molecule has 0 spiro atoms. The molecule has 29 heavy (non-hydrogen) atoms. The van der Waals surface area contributed by atoms with Gasteiger partial charge in [-0.2, -0.15) is 18.3 Å². The lowest BCUT2D eigenvalue weighted by atomic mass is 10.1. The van der Waals surface area contributed by atoms with Crippen LogP contribution in [0.4, 0.5) is 18.0 Å². The molecule has 0 bridgehead atoms. The lowest BCUT2D eigenvalue weighted by molar-refractivity contribution is -0.141. The van der Waals surface area contributed by atoms with E-state index in [0.29, 0.717) is 0 Å². The fourth-order valence-electron chi connectivity index (χ4n) is 3.56. The van der Waals surface area contributed by atoms with Gasteiger partial charge in [-0.05, 0) is 31.9 Å². The van der Waals surface area contributed by atoms with Crippen LogP contribution in [-0.4, -0.2) is 44.0 Å². The van der Waals surface area contributed by atoms with Crippen molar-refractivity contribution in [3.05, 3.63) is 29.2 Å². The number of rotatable bonds is 4. The molecule has 3 rings (SSSR count). The summed E-state index contributed by atoms with van der Waals surface area (Å²) >= 11 is 0. The molecule has 0 saturated heterocycles. The number of carbonyl (C=O) groups excluding carboxylic acids is 1. The summed E-state index contributed by atoms with van der Waals surface area (Å²) in [5.41, 5.74) is -1.13. The number of amides is 1. The number of pyridine rings is 1. The molecular formula is C19H23F3N4O3. The first kappa shape index (κ1) is 20.9. The summed E-state index contributed by atoms with van der Waals surface area (Å²) in [4.78, 5) is 17.9. The smallest absolute Gasteiger partial charge is 0.435 e. The number of aromatic nitrogens is 3. The van der Waals surface area contributed by atoms with E-state index in [4.69, 9.17) is 4.74 Å². The number of aryl methyl sites for hydroxylation is 2. The second-order valence-corrected chi connectivity index (χ2v) is 7.20. The van der Waals surface area contributed by atoms with Crippen molar-refractivity contribution in [2.75, 3.05) is 7.05 Å². The van der Waals surface area contributed by atoms with Crippen molar-refractivity contribution < 1.29 is 27.8 Å². The van der Waals surface area contributed by atoms with Gasteiger partial charge in [0.25, 0.3) is 0 Å². The molecule has 7 nitrogen and oxygen atoms in total. The molecule has 1 aliphatic carbocycles. The van der Waals surface area contributed by atoms with E-state index < -0.39 is 18.0 Å². The maximum atomic E-state index is 13.6. The molecule has 0 atom stereocenters. The second kappa shape index (κ2) is 7.92. The van der Waals surface area contributed by atoms with Crippen LogP contribution in [0.25, 0.3) is 11.3 Å². The molecule has 2 aromatic rings. The Kier molecular flexibility index (Phi) is 5.72. The van der Waals surface area contributed by atoms with Crippen molar-refractivity contribution in [1.29, 1.82) is 0 Å². The van der Waals surface area contributed by atoms with Crippen LogP contribution in [0.15, 0.2) is 12.1 Å². The van der Waals surface area contributed by atoms with Crippen LogP contribution in [0, 0.1) is 6.92 Å². The van der Waals surface area contributed by atoms with Crippen LogP contribution < -0.4 is 0 Å². The molecule has 0 radical (unpaired) electrons. The summed E-state index contributed by atoms with van der Waals surface area (Å²) in [6.45, 7) is 1.10. The number of ether oxygens (including phenoxy) is 1. The highest BCUT2D eigenvalue weighted by Gasteiger charge is 2.40. The Labute approximate surface area is 166 Å². The van der Waals surface area contributed by atoms with Gasteiger partial charge in [-0.1, -0.05) is 12.8 Å². The molecular weight excluding hydrogens is 389 g/mol. The van der Waals surface area contributed by atoms with Crippen molar-refractivity contribution >= 4 is 6.09 Å². The maximum Gasteiger partial charge on any atom is 0.435 e. The van der Waals surface area contributed by atoms with Crippen LogP contribution in [0.2, 0.25) is 0 Å². The third-order valence-electron chi connectivity index (χ3n) is 5.24. The number of hydrogen-bond donors (Lipinski definition) is 1. The predicted molar refractivity (Wildman–Crippen MR) is 98.0 cm³/mol. The van der Waals surface area contributed by atoms with Gasteiger partial charge in [0, 0.05) is 20.1 Å². The number of hydrogen-bond acceptors (Lipinski definition) is 5. The Morgan fingerprint density at radius 3 is 2.59 bits per heavy atom. The van der Waals surface area contributed by atoms with Crippen LogP contribution in [0.3, 0.4) is 0 Å². The molecule has 158 valence electrons. The van der Waals surface area contributed by atoms with E-state index in [1.807, 2.05) is 0 Å². The van der Waals surface area contributed by atoms with Crippen LogP contribution >= 0.6 is 0 Å². The number of halogens is 3. The van der Waals surface area contributed by atoms with Gasteiger partial charge in [-0.25, -0.2) is 9.78 Å². The summed E-state index contributed by atoms with van der Waals surface area (Å²) in [6.07, 6.45) is -1.46. The normalized spacial score (nSPS) is 15.0. The van der Waals surface area contributed by atoms with E-state index in [1.165, 1.54) is 31.0 Å². The van der Waals surface area contributed by atoms with Crippen LogP contribution in [0.5, 0.6) is 5.75 Å². The SMILES string of the molecule is Cc1nc(-c2c(C(F)(F)F)nn(C)c2COC(=O)N(C)C2CCCC2)ccc1O. The molecule has 2 aromatic heterocycles. The van der Waals surface area contributed by atoms with Gasteiger partial charge in [0.1, 0.15) is 12.4 Å². The molecule has 1 fully saturated rings. The summed E-state index contributed by atoms with van der Waals surface area (Å²) < 4.78 is 47.1. The Hall–Kier alpha value is -2.78. The lowest BCUT2D eigenvalue weighted by Gasteiger charge is -2.23. The molecule has 10 heteroatoms. The first-order valence-electron chi connectivity index (χ1n) is 9.29. The monoisotopic (exact) mass is 412 g/mol. The number of nitrogens with zero attached hydrogens (tertiary/aromatic N) is 4. The van der Waals surface area contributed by atoms with E-state index >= 15 is 0 Å². The van der Waals surface area contributed by atoms with Gasteiger partial charge in [0.2, 0.25) is 0 Å². The molecule has 0 aliphatic heterocycles. The average Bonchev–Trinajstić information content (AvgIpc) is 3.29. The van der Waals surface area contributed by atoms with Crippen molar-refractivity contribution in [3.63, 3.8) is 0 Å². The quantitative estimate of drug-likeness (QED) is 0.820. The molecule has 1 N–H and O–H groups in total. The number of aromatic hydroxyl groups is 1.